The molecule has 0 aliphatic rings. The molecule has 0 aromatic carbocycles. The SMILES string of the molecule is C=CCOC(=O)N(CCC)C(C(=O)O)C(C)C. The van der Waals surface area contributed by atoms with Crippen LogP contribution in [0.1, 0.15) is 27.2 Å². The summed E-state index contributed by atoms with van der Waals surface area (Å²) in [7, 11) is 0. The smallest absolute Gasteiger partial charge is 0.410 e. The number of carbonyl (C=O) groups is 2. The molecule has 17 heavy (non-hydrogen) atoms. The van der Waals surface area contributed by atoms with Crippen LogP contribution in [0.4, 0.5) is 4.79 Å². The van der Waals surface area contributed by atoms with E-state index in [2.05, 4.69) is 6.58 Å². The molecule has 0 aliphatic carbocycles. The first kappa shape index (κ1) is 15.5. The maximum atomic E-state index is 11.7. The lowest BCUT2D eigenvalue weighted by molar-refractivity contribution is -0.144. The van der Waals surface area contributed by atoms with E-state index < -0.39 is 18.1 Å². The molecule has 1 amide bonds. The third kappa shape index (κ3) is 4.89. The molecule has 0 aromatic rings. The molecule has 0 bridgehead atoms. The van der Waals surface area contributed by atoms with Gasteiger partial charge < -0.3 is 9.84 Å². The highest BCUT2D eigenvalue weighted by Crippen LogP contribution is 2.13. The van der Waals surface area contributed by atoms with Crippen LogP contribution in [0.25, 0.3) is 0 Å². The largest absolute Gasteiger partial charge is 0.480 e. The van der Waals surface area contributed by atoms with Crippen LogP contribution in [0.15, 0.2) is 12.7 Å². The number of nitrogens with zero attached hydrogens (tertiary/aromatic N) is 1. The van der Waals surface area contributed by atoms with Crippen LogP contribution in [0, 0.1) is 5.92 Å². The second-order valence-electron chi connectivity index (χ2n) is 4.09. The molecule has 0 saturated heterocycles. The third-order valence-corrected chi connectivity index (χ3v) is 2.24. The lowest BCUT2D eigenvalue weighted by Gasteiger charge is -2.30. The zero-order valence-electron chi connectivity index (χ0n) is 10.7. The average Bonchev–Trinajstić information content (AvgIpc) is 2.24. The zero-order chi connectivity index (χ0) is 13.4. The van der Waals surface area contributed by atoms with Gasteiger partial charge in [-0.15, -0.1) is 0 Å². The number of hydrogen-bond donors (Lipinski definition) is 1. The maximum Gasteiger partial charge on any atom is 0.410 e. The van der Waals surface area contributed by atoms with Gasteiger partial charge in [-0.3, -0.25) is 4.90 Å². The van der Waals surface area contributed by atoms with E-state index in [1.165, 1.54) is 11.0 Å². The number of aliphatic carboxylic acids is 1. The van der Waals surface area contributed by atoms with Crippen LogP contribution in [0.3, 0.4) is 0 Å². The minimum absolute atomic E-state index is 0.0868. The van der Waals surface area contributed by atoms with E-state index in [4.69, 9.17) is 9.84 Å². The fourth-order valence-corrected chi connectivity index (χ4v) is 1.58. The van der Waals surface area contributed by atoms with Gasteiger partial charge in [-0.2, -0.15) is 0 Å². The second-order valence-corrected chi connectivity index (χ2v) is 4.09. The van der Waals surface area contributed by atoms with Gasteiger partial charge in [0.15, 0.2) is 0 Å². The Hall–Kier alpha value is -1.52. The lowest BCUT2D eigenvalue weighted by Crippen LogP contribution is -2.48. The Morgan fingerprint density at radius 3 is 2.41 bits per heavy atom. The summed E-state index contributed by atoms with van der Waals surface area (Å²) in [6.45, 7) is 9.31. The molecule has 0 spiro atoms. The van der Waals surface area contributed by atoms with Crippen molar-refractivity contribution in [3.8, 4) is 0 Å². The topological polar surface area (TPSA) is 66.8 Å². The summed E-state index contributed by atoms with van der Waals surface area (Å²) in [6.07, 6.45) is 1.53. The van der Waals surface area contributed by atoms with Gasteiger partial charge in [-0.05, 0) is 12.3 Å². The van der Waals surface area contributed by atoms with Crippen molar-refractivity contribution >= 4 is 12.1 Å². The maximum absolute atomic E-state index is 11.7. The third-order valence-electron chi connectivity index (χ3n) is 2.24. The van der Waals surface area contributed by atoms with Gasteiger partial charge in [-0.25, -0.2) is 9.59 Å². The summed E-state index contributed by atoms with van der Waals surface area (Å²) in [5, 5.41) is 9.15. The van der Waals surface area contributed by atoms with E-state index in [0.717, 1.165) is 0 Å². The summed E-state index contributed by atoms with van der Waals surface area (Å²) < 4.78 is 4.89. The quantitative estimate of drug-likeness (QED) is 0.695. The van der Waals surface area contributed by atoms with Gasteiger partial charge in [-0.1, -0.05) is 33.4 Å². The van der Waals surface area contributed by atoms with Crippen LogP contribution in [0.5, 0.6) is 0 Å². The highest BCUT2D eigenvalue weighted by molar-refractivity contribution is 5.80. The number of hydrogen-bond acceptors (Lipinski definition) is 3. The van der Waals surface area contributed by atoms with E-state index in [-0.39, 0.29) is 12.5 Å². The monoisotopic (exact) mass is 243 g/mol. The highest BCUT2D eigenvalue weighted by Gasteiger charge is 2.32. The predicted molar refractivity (Wildman–Crippen MR) is 64.8 cm³/mol. The molecule has 0 radical (unpaired) electrons. The van der Waals surface area contributed by atoms with Crippen molar-refractivity contribution in [2.45, 2.75) is 33.2 Å². The van der Waals surface area contributed by atoms with Crippen molar-refractivity contribution < 1.29 is 19.4 Å². The van der Waals surface area contributed by atoms with E-state index in [1.807, 2.05) is 6.92 Å². The van der Waals surface area contributed by atoms with E-state index in [9.17, 15) is 9.59 Å². The number of carboxylic acid groups (broad SMARTS) is 1. The molecule has 0 aromatic heterocycles. The van der Waals surface area contributed by atoms with Gasteiger partial charge in [0.2, 0.25) is 0 Å². The summed E-state index contributed by atoms with van der Waals surface area (Å²) in [5.74, 6) is -1.18. The molecule has 1 unspecified atom stereocenters. The van der Waals surface area contributed by atoms with Crippen LogP contribution >= 0.6 is 0 Å². The van der Waals surface area contributed by atoms with Gasteiger partial charge in [0.25, 0.3) is 0 Å². The molecule has 98 valence electrons. The van der Waals surface area contributed by atoms with E-state index >= 15 is 0 Å². The second kappa shape index (κ2) is 7.70. The van der Waals surface area contributed by atoms with Crippen LogP contribution in [-0.4, -0.2) is 41.3 Å². The van der Waals surface area contributed by atoms with Crippen LogP contribution < -0.4 is 0 Å². The number of amides is 1. The zero-order valence-corrected chi connectivity index (χ0v) is 10.7. The number of carbonyl (C=O) groups excluding carboxylic acids is 1. The minimum Gasteiger partial charge on any atom is -0.480 e. The van der Waals surface area contributed by atoms with Crippen molar-refractivity contribution in [2.24, 2.45) is 5.92 Å². The normalized spacial score (nSPS) is 12.0. The molecule has 0 rings (SSSR count). The molecule has 0 aliphatic heterocycles. The van der Waals surface area contributed by atoms with Crippen LogP contribution in [-0.2, 0) is 9.53 Å². The van der Waals surface area contributed by atoms with Gasteiger partial charge in [0.05, 0.1) is 0 Å². The molecule has 5 nitrogen and oxygen atoms in total. The summed E-state index contributed by atoms with van der Waals surface area (Å²) in [6, 6.07) is -0.854. The predicted octanol–water partition coefficient (Wildman–Crippen LogP) is 2.13. The van der Waals surface area contributed by atoms with Gasteiger partial charge >= 0.3 is 12.1 Å². The number of carboxylic acids is 1. The molecule has 0 heterocycles. The van der Waals surface area contributed by atoms with Crippen molar-refractivity contribution in [3.63, 3.8) is 0 Å². The van der Waals surface area contributed by atoms with Crippen molar-refractivity contribution in [1.29, 1.82) is 0 Å². The molecule has 1 atom stereocenters. The molecular weight excluding hydrogens is 222 g/mol. The Bertz CT molecular complexity index is 276. The lowest BCUT2D eigenvalue weighted by atomic mass is 10.0. The Morgan fingerprint density at radius 1 is 1.47 bits per heavy atom. The fourth-order valence-electron chi connectivity index (χ4n) is 1.58. The number of ether oxygens (including phenoxy) is 1. The Labute approximate surface area is 102 Å². The van der Waals surface area contributed by atoms with Gasteiger partial charge in [0, 0.05) is 6.54 Å². The molecule has 5 heteroatoms. The summed E-state index contributed by atoms with van der Waals surface area (Å²) in [5.41, 5.74) is 0. The average molecular weight is 243 g/mol. The fraction of sp³-hybridized carbons (Fsp3) is 0.667. The van der Waals surface area contributed by atoms with Gasteiger partial charge in [0.1, 0.15) is 12.6 Å². The molecule has 0 fully saturated rings. The summed E-state index contributed by atoms with van der Waals surface area (Å²) >= 11 is 0. The molecule has 1 N–H and O–H groups in total. The first-order valence-electron chi connectivity index (χ1n) is 5.72. The molecular formula is C12H21NO4. The van der Waals surface area contributed by atoms with Crippen molar-refractivity contribution in [2.75, 3.05) is 13.2 Å². The Morgan fingerprint density at radius 2 is 2.06 bits per heavy atom. The molecule has 0 saturated carbocycles. The standard InChI is InChI=1S/C12H21NO4/c1-5-7-13(12(16)17-8-6-2)10(9(3)4)11(14)15/h6,9-10H,2,5,7-8H2,1,3-4H3,(H,14,15). The van der Waals surface area contributed by atoms with Crippen molar-refractivity contribution in [3.05, 3.63) is 12.7 Å². The number of rotatable bonds is 7. The van der Waals surface area contributed by atoms with E-state index in [0.29, 0.717) is 13.0 Å². The first-order valence-corrected chi connectivity index (χ1v) is 5.72. The van der Waals surface area contributed by atoms with E-state index in [1.54, 1.807) is 13.8 Å². The first-order chi connectivity index (χ1) is 7.95. The minimum atomic E-state index is -1.01. The summed E-state index contributed by atoms with van der Waals surface area (Å²) in [4.78, 5) is 24.2. The van der Waals surface area contributed by atoms with Crippen LogP contribution in [0.2, 0.25) is 0 Å². The Balaban J connectivity index is 4.83. The Kier molecular flexibility index (Phi) is 7.02. The van der Waals surface area contributed by atoms with Crippen molar-refractivity contribution in [1.82, 2.24) is 4.90 Å². The highest BCUT2D eigenvalue weighted by atomic mass is 16.6.